The van der Waals surface area contributed by atoms with Gasteiger partial charge in [-0.15, -0.1) is 0 Å². The maximum absolute atomic E-state index is 11.9. The van der Waals surface area contributed by atoms with E-state index in [2.05, 4.69) is 15.7 Å². The molecule has 0 aliphatic rings. The molecule has 0 saturated carbocycles. The summed E-state index contributed by atoms with van der Waals surface area (Å²) in [5.41, 5.74) is 0.203. The van der Waals surface area contributed by atoms with Crippen molar-refractivity contribution in [2.24, 2.45) is 0 Å². The van der Waals surface area contributed by atoms with Crippen molar-refractivity contribution in [1.82, 2.24) is 20.4 Å². The molecule has 1 heterocycles. The molecule has 1 aromatic heterocycles. The van der Waals surface area contributed by atoms with Gasteiger partial charge in [0.15, 0.2) is 0 Å². The Morgan fingerprint density at radius 2 is 1.88 bits per heavy atom. The molecule has 0 fully saturated rings. The highest BCUT2D eigenvalue weighted by molar-refractivity contribution is 5.85. The Balaban J connectivity index is 1.92. The van der Waals surface area contributed by atoms with E-state index in [9.17, 15) is 14.4 Å². The van der Waals surface area contributed by atoms with Crippen LogP contribution in [0.4, 0.5) is 0 Å². The first-order valence-electron chi connectivity index (χ1n) is 7.79. The fourth-order valence-corrected chi connectivity index (χ4v) is 2.28. The molecule has 0 bridgehead atoms. The molecule has 0 spiro atoms. The molecule has 2 amide bonds. The molecule has 1 aromatic carbocycles. The van der Waals surface area contributed by atoms with Crippen molar-refractivity contribution in [3.63, 3.8) is 0 Å². The normalized spacial score (nSPS) is 11.3. The number of rotatable bonds is 5. The van der Waals surface area contributed by atoms with Gasteiger partial charge in [0.1, 0.15) is 0 Å². The van der Waals surface area contributed by atoms with Crippen LogP contribution < -0.4 is 16.1 Å². The topological polar surface area (TPSA) is 93.1 Å². The van der Waals surface area contributed by atoms with Crippen molar-refractivity contribution in [3.05, 3.63) is 40.7 Å². The smallest absolute Gasteiger partial charge is 0.239 e. The molecule has 2 aromatic rings. The first-order chi connectivity index (χ1) is 11.3. The second-order valence-electron chi connectivity index (χ2n) is 6.57. The number of nitrogens with one attached hydrogen (secondary N) is 2. The predicted octanol–water partition coefficient (Wildman–Crippen LogP) is 0.817. The van der Waals surface area contributed by atoms with Crippen LogP contribution in [0.5, 0.6) is 0 Å². The summed E-state index contributed by atoms with van der Waals surface area (Å²) in [7, 11) is 0. The van der Waals surface area contributed by atoms with Crippen LogP contribution in [0.1, 0.15) is 27.2 Å². The molecule has 128 valence electrons. The molecular weight excluding hydrogens is 308 g/mol. The Kier molecular flexibility index (Phi) is 5.33. The summed E-state index contributed by atoms with van der Waals surface area (Å²) >= 11 is 0. The van der Waals surface area contributed by atoms with Gasteiger partial charge in [-0.25, -0.2) is 0 Å². The third-order valence-electron chi connectivity index (χ3n) is 3.27. The number of benzene rings is 1. The highest BCUT2D eigenvalue weighted by atomic mass is 16.2. The number of hydrogen-bond donors (Lipinski definition) is 2. The van der Waals surface area contributed by atoms with Gasteiger partial charge in [-0.1, -0.05) is 12.1 Å². The first-order valence-corrected chi connectivity index (χ1v) is 7.79. The van der Waals surface area contributed by atoms with Gasteiger partial charge >= 0.3 is 0 Å². The van der Waals surface area contributed by atoms with E-state index in [-0.39, 0.29) is 35.7 Å². The van der Waals surface area contributed by atoms with Gasteiger partial charge < -0.3 is 10.6 Å². The third-order valence-corrected chi connectivity index (χ3v) is 3.27. The average Bonchev–Trinajstić information content (AvgIpc) is 2.51. The van der Waals surface area contributed by atoms with Crippen molar-refractivity contribution in [1.29, 1.82) is 0 Å². The molecular formula is C17H22N4O3. The molecule has 24 heavy (non-hydrogen) atoms. The minimum Gasteiger partial charge on any atom is -0.350 e. The van der Waals surface area contributed by atoms with E-state index in [0.29, 0.717) is 17.4 Å². The SMILES string of the molecule is CC(C)(C)NC(=O)CNC(=O)CCn1ncc(=O)c2ccccc21. The summed E-state index contributed by atoms with van der Waals surface area (Å²) < 4.78 is 1.62. The van der Waals surface area contributed by atoms with Crippen LogP contribution in [0.15, 0.2) is 35.3 Å². The maximum atomic E-state index is 11.9. The second-order valence-corrected chi connectivity index (χ2v) is 6.57. The summed E-state index contributed by atoms with van der Waals surface area (Å²) in [6.45, 7) is 5.89. The Labute approximate surface area is 140 Å². The van der Waals surface area contributed by atoms with E-state index in [1.54, 1.807) is 22.9 Å². The largest absolute Gasteiger partial charge is 0.350 e. The number of hydrogen-bond acceptors (Lipinski definition) is 4. The number of carbonyl (C=O) groups excluding carboxylic acids is 2. The number of aryl methyl sites for hydroxylation is 1. The van der Waals surface area contributed by atoms with Crippen LogP contribution in [0, 0.1) is 0 Å². The Morgan fingerprint density at radius 3 is 2.58 bits per heavy atom. The average molecular weight is 330 g/mol. The molecule has 0 radical (unpaired) electrons. The lowest BCUT2D eigenvalue weighted by Crippen LogP contribution is -2.45. The summed E-state index contributed by atoms with van der Waals surface area (Å²) in [6.07, 6.45) is 1.42. The zero-order valence-electron chi connectivity index (χ0n) is 14.1. The van der Waals surface area contributed by atoms with Gasteiger partial charge in [0.25, 0.3) is 0 Å². The molecule has 0 atom stereocenters. The highest BCUT2D eigenvalue weighted by Gasteiger charge is 2.14. The minimum atomic E-state index is -0.333. The van der Waals surface area contributed by atoms with Crippen LogP contribution in [-0.2, 0) is 16.1 Å². The van der Waals surface area contributed by atoms with Crippen LogP contribution in [-0.4, -0.2) is 33.7 Å². The monoisotopic (exact) mass is 330 g/mol. The van der Waals surface area contributed by atoms with Crippen LogP contribution in [0.3, 0.4) is 0 Å². The molecule has 0 aliphatic heterocycles. The van der Waals surface area contributed by atoms with Crippen LogP contribution in [0.25, 0.3) is 10.9 Å². The van der Waals surface area contributed by atoms with Crippen LogP contribution in [0.2, 0.25) is 0 Å². The summed E-state index contributed by atoms with van der Waals surface area (Å²) in [5.74, 6) is -0.480. The van der Waals surface area contributed by atoms with Crippen molar-refractivity contribution < 1.29 is 9.59 Å². The lowest BCUT2D eigenvalue weighted by molar-refractivity contribution is -0.127. The van der Waals surface area contributed by atoms with Gasteiger partial charge in [-0.2, -0.15) is 5.10 Å². The molecule has 2 N–H and O–H groups in total. The highest BCUT2D eigenvalue weighted by Crippen LogP contribution is 2.08. The quantitative estimate of drug-likeness (QED) is 0.849. The Morgan fingerprint density at radius 1 is 1.17 bits per heavy atom. The number of aromatic nitrogens is 2. The Bertz CT molecular complexity index is 805. The van der Waals surface area contributed by atoms with E-state index < -0.39 is 0 Å². The van der Waals surface area contributed by atoms with E-state index in [0.717, 1.165) is 0 Å². The van der Waals surface area contributed by atoms with Crippen molar-refractivity contribution in [2.45, 2.75) is 39.3 Å². The van der Waals surface area contributed by atoms with Crippen molar-refractivity contribution in [2.75, 3.05) is 6.54 Å². The van der Waals surface area contributed by atoms with Gasteiger partial charge in [-0.3, -0.25) is 19.1 Å². The number of nitrogens with zero attached hydrogens (tertiary/aromatic N) is 2. The predicted molar refractivity (Wildman–Crippen MR) is 91.5 cm³/mol. The van der Waals surface area contributed by atoms with Gasteiger partial charge in [0.05, 0.1) is 24.8 Å². The van der Waals surface area contributed by atoms with E-state index in [1.807, 2.05) is 26.8 Å². The number of amides is 2. The third kappa shape index (κ3) is 4.91. The molecule has 7 heteroatoms. The van der Waals surface area contributed by atoms with Gasteiger partial charge in [-0.05, 0) is 32.9 Å². The standard InChI is InChI=1S/C17H22N4O3/c1-17(2,3)20-16(24)11-18-15(23)8-9-21-13-7-5-4-6-12(13)14(22)10-19-21/h4-7,10H,8-9,11H2,1-3H3,(H,18,23)(H,20,24). The number of carbonyl (C=O) groups is 2. The van der Waals surface area contributed by atoms with Gasteiger partial charge in [0, 0.05) is 17.3 Å². The fourth-order valence-electron chi connectivity index (χ4n) is 2.28. The van der Waals surface area contributed by atoms with Gasteiger partial charge in [0.2, 0.25) is 17.2 Å². The minimum absolute atomic E-state index is 0.0611. The van der Waals surface area contributed by atoms with Crippen LogP contribution >= 0.6 is 0 Å². The molecule has 7 nitrogen and oxygen atoms in total. The molecule has 0 aliphatic carbocycles. The fraction of sp³-hybridized carbons (Fsp3) is 0.412. The number of para-hydroxylation sites is 1. The zero-order chi connectivity index (χ0) is 17.7. The molecule has 0 saturated heterocycles. The zero-order valence-corrected chi connectivity index (χ0v) is 14.1. The molecule has 0 unspecified atom stereocenters. The van der Waals surface area contributed by atoms with E-state index >= 15 is 0 Å². The lowest BCUT2D eigenvalue weighted by atomic mass is 10.1. The summed E-state index contributed by atoms with van der Waals surface area (Å²) in [6, 6.07) is 7.12. The Hall–Kier alpha value is -2.70. The second kappa shape index (κ2) is 7.25. The first kappa shape index (κ1) is 17.7. The lowest BCUT2D eigenvalue weighted by Gasteiger charge is -2.20. The summed E-state index contributed by atoms with van der Waals surface area (Å²) in [4.78, 5) is 35.3. The van der Waals surface area contributed by atoms with Crippen molar-refractivity contribution in [3.8, 4) is 0 Å². The van der Waals surface area contributed by atoms with Crippen molar-refractivity contribution >= 4 is 22.7 Å². The molecule has 2 rings (SSSR count). The summed E-state index contributed by atoms with van der Waals surface area (Å²) in [5, 5.41) is 9.99. The van der Waals surface area contributed by atoms with E-state index in [1.165, 1.54) is 6.20 Å². The number of fused-ring (bicyclic) bond motifs is 1. The van der Waals surface area contributed by atoms with E-state index in [4.69, 9.17) is 0 Å². The maximum Gasteiger partial charge on any atom is 0.239 e.